The van der Waals surface area contributed by atoms with Gasteiger partial charge in [-0.3, -0.25) is 0 Å². The lowest BCUT2D eigenvalue weighted by Crippen LogP contribution is -2.32. The number of rotatable bonds is 9. The Morgan fingerprint density at radius 3 is 2.29 bits per heavy atom. The van der Waals surface area contributed by atoms with Crippen LogP contribution in [-0.4, -0.2) is 44.3 Å². The molecule has 0 aromatic carbocycles. The molecule has 2 nitrogen and oxygen atoms in total. The SMILES string of the molecule is CC(C)CCCNCCN(C)CCC(F)(F)F. The Bertz CT molecular complexity index is 181. The lowest BCUT2D eigenvalue weighted by molar-refractivity contribution is -0.137. The van der Waals surface area contributed by atoms with Gasteiger partial charge in [0.15, 0.2) is 0 Å². The maximum Gasteiger partial charge on any atom is 0.390 e. The molecule has 0 rings (SSSR count). The highest BCUT2D eigenvalue weighted by Crippen LogP contribution is 2.19. The van der Waals surface area contributed by atoms with Crippen molar-refractivity contribution in [2.45, 2.75) is 39.3 Å². The summed E-state index contributed by atoms with van der Waals surface area (Å²) >= 11 is 0. The second-order valence-corrected chi connectivity index (χ2v) is 4.95. The number of likely N-dealkylation sites (N-methyl/N-ethyl adjacent to an activating group) is 1. The summed E-state index contributed by atoms with van der Waals surface area (Å²) in [5, 5.41) is 3.25. The molecule has 0 spiro atoms. The van der Waals surface area contributed by atoms with Crippen molar-refractivity contribution in [2.24, 2.45) is 5.92 Å². The fourth-order valence-corrected chi connectivity index (χ4v) is 1.46. The predicted octanol–water partition coefficient (Wildman–Crippen LogP) is 2.90. The van der Waals surface area contributed by atoms with Gasteiger partial charge in [-0.2, -0.15) is 13.2 Å². The molecular formula is C12H25F3N2. The van der Waals surface area contributed by atoms with Crippen LogP contribution in [0.5, 0.6) is 0 Å². The van der Waals surface area contributed by atoms with Gasteiger partial charge in [0.1, 0.15) is 0 Å². The van der Waals surface area contributed by atoms with Crippen molar-refractivity contribution in [3.63, 3.8) is 0 Å². The minimum atomic E-state index is -4.04. The molecule has 0 aromatic rings. The number of halogens is 3. The monoisotopic (exact) mass is 254 g/mol. The molecule has 0 aliphatic carbocycles. The number of nitrogens with zero attached hydrogens (tertiary/aromatic N) is 1. The first kappa shape index (κ1) is 16.7. The van der Waals surface area contributed by atoms with Crippen LogP contribution in [0.15, 0.2) is 0 Å². The summed E-state index contributed by atoms with van der Waals surface area (Å²) in [5.41, 5.74) is 0. The quantitative estimate of drug-likeness (QED) is 0.636. The topological polar surface area (TPSA) is 15.3 Å². The molecule has 0 heterocycles. The van der Waals surface area contributed by atoms with Crippen LogP contribution >= 0.6 is 0 Å². The van der Waals surface area contributed by atoms with Gasteiger partial charge in [-0.25, -0.2) is 0 Å². The Labute approximate surface area is 103 Å². The fraction of sp³-hybridized carbons (Fsp3) is 1.00. The second kappa shape index (κ2) is 8.75. The van der Waals surface area contributed by atoms with Gasteiger partial charge in [0.2, 0.25) is 0 Å². The van der Waals surface area contributed by atoms with Gasteiger partial charge >= 0.3 is 6.18 Å². The minimum Gasteiger partial charge on any atom is -0.315 e. The highest BCUT2D eigenvalue weighted by molar-refractivity contribution is 4.59. The zero-order valence-corrected chi connectivity index (χ0v) is 11.1. The van der Waals surface area contributed by atoms with Gasteiger partial charge in [0.05, 0.1) is 6.42 Å². The molecule has 0 aliphatic heterocycles. The summed E-state index contributed by atoms with van der Waals surface area (Å²) in [6.45, 7) is 6.82. The summed E-state index contributed by atoms with van der Waals surface area (Å²) in [5.74, 6) is 0.714. The Kier molecular flexibility index (Phi) is 8.60. The molecule has 5 heteroatoms. The van der Waals surface area contributed by atoms with Gasteiger partial charge in [0.25, 0.3) is 0 Å². The van der Waals surface area contributed by atoms with E-state index in [4.69, 9.17) is 0 Å². The summed E-state index contributed by atoms with van der Waals surface area (Å²) in [6, 6.07) is 0. The van der Waals surface area contributed by atoms with Gasteiger partial charge in [-0.05, 0) is 32.4 Å². The maximum absolute atomic E-state index is 11.9. The van der Waals surface area contributed by atoms with Gasteiger partial charge in [-0.15, -0.1) is 0 Å². The first-order chi connectivity index (χ1) is 7.81. The molecule has 0 saturated carbocycles. The molecule has 0 atom stereocenters. The second-order valence-electron chi connectivity index (χ2n) is 4.95. The lowest BCUT2D eigenvalue weighted by atomic mass is 10.1. The van der Waals surface area contributed by atoms with Gasteiger partial charge in [0, 0.05) is 19.6 Å². The third kappa shape index (κ3) is 13.6. The molecule has 104 valence electrons. The van der Waals surface area contributed by atoms with Crippen molar-refractivity contribution in [1.82, 2.24) is 10.2 Å². The molecular weight excluding hydrogens is 229 g/mol. The Hall–Kier alpha value is -0.290. The number of hydrogen-bond donors (Lipinski definition) is 1. The summed E-state index contributed by atoms with van der Waals surface area (Å²) in [4.78, 5) is 1.71. The molecule has 0 fully saturated rings. The van der Waals surface area contributed by atoms with E-state index in [1.165, 1.54) is 6.42 Å². The molecule has 0 radical (unpaired) electrons. The van der Waals surface area contributed by atoms with Crippen molar-refractivity contribution < 1.29 is 13.2 Å². The first-order valence-electron chi connectivity index (χ1n) is 6.27. The largest absolute Gasteiger partial charge is 0.390 e. The summed E-state index contributed by atoms with van der Waals surface area (Å²) in [6.07, 6.45) is -2.45. The zero-order valence-electron chi connectivity index (χ0n) is 11.1. The third-order valence-corrected chi connectivity index (χ3v) is 2.58. The third-order valence-electron chi connectivity index (χ3n) is 2.58. The van der Waals surface area contributed by atoms with Gasteiger partial charge < -0.3 is 10.2 Å². The van der Waals surface area contributed by atoms with Crippen LogP contribution in [0, 0.1) is 5.92 Å². The summed E-state index contributed by atoms with van der Waals surface area (Å²) < 4.78 is 35.8. The van der Waals surface area contributed by atoms with Crippen molar-refractivity contribution in [1.29, 1.82) is 0 Å². The van der Waals surface area contributed by atoms with Crippen LogP contribution in [0.4, 0.5) is 13.2 Å². The van der Waals surface area contributed by atoms with Gasteiger partial charge in [-0.1, -0.05) is 13.8 Å². The molecule has 0 bridgehead atoms. The standard InChI is InChI=1S/C12H25F3N2/c1-11(2)5-4-7-16-8-10-17(3)9-6-12(13,14)15/h11,16H,4-10H2,1-3H3. The van der Waals surface area contributed by atoms with E-state index in [0.29, 0.717) is 12.5 Å². The van der Waals surface area contributed by atoms with E-state index in [2.05, 4.69) is 19.2 Å². The van der Waals surface area contributed by atoms with E-state index in [9.17, 15) is 13.2 Å². The molecule has 0 unspecified atom stereocenters. The average molecular weight is 254 g/mol. The number of nitrogens with one attached hydrogen (secondary N) is 1. The van der Waals surface area contributed by atoms with Crippen LogP contribution in [0.1, 0.15) is 33.1 Å². The van der Waals surface area contributed by atoms with E-state index in [-0.39, 0.29) is 6.54 Å². The van der Waals surface area contributed by atoms with E-state index in [1.807, 2.05) is 0 Å². The Morgan fingerprint density at radius 2 is 1.76 bits per heavy atom. The van der Waals surface area contributed by atoms with Crippen molar-refractivity contribution >= 4 is 0 Å². The highest BCUT2D eigenvalue weighted by Gasteiger charge is 2.26. The van der Waals surface area contributed by atoms with Crippen LogP contribution in [0.25, 0.3) is 0 Å². The smallest absolute Gasteiger partial charge is 0.315 e. The van der Waals surface area contributed by atoms with E-state index in [0.717, 1.165) is 19.5 Å². The molecule has 0 aromatic heterocycles. The Balaban J connectivity index is 3.31. The molecule has 0 saturated heterocycles. The van der Waals surface area contributed by atoms with E-state index >= 15 is 0 Å². The Morgan fingerprint density at radius 1 is 1.12 bits per heavy atom. The van der Waals surface area contributed by atoms with Crippen LogP contribution in [0.3, 0.4) is 0 Å². The van der Waals surface area contributed by atoms with E-state index < -0.39 is 12.6 Å². The highest BCUT2D eigenvalue weighted by atomic mass is 19.4. The number of hydrogen-bond acceptors (Lipinski definition) is 2. The fourth-order valence-electron chi connectivity index (χ4n) is 1.46. The number of alkyl halides is 3. The van der Waals surface area contributed by atoms with Crippen LogP contribution < -0.4 is 5.32 Å². The molecule has 17 heavy (non-hydrogen) atoms. The van der Waals surface area contributed by atoms with Crippen molar-refractivity contribution in [2.75, 3.05) is 33.2 Å². The predicted molar refractivity (Wildman–Crippen MR) is 65.1 cm³/mol. The maximum atomic E-state index is 11.9. The van der Waals surface area contributed by atoms with Crippen LogP contribution in [0.2, 0.25) is 0 Å². The normalized spacial score (nSPS) is 12.7. The van der Waals surface area contributed by atoms with E-state index in [1.54, 1.807) is 11.9 Å². The lowest BCUT2D eigenvalue weighted by Gasteiger charge is -2.17. The molecule has 0 aliphatic rings. The first-order valence-corrected chi connectivity index (χ1v) is 6.27. The van der Waals surface area contributed by atoms with Crippen LogP contribution in [-0.2, 0) is 0 Å². The summed E-state index contributed by atoms with van der Waals surface area (Å²) in [7, 11) is 1.72. The van der Waals surface area contributed by atoms with Crippen molar-refractivity contribution in [3.8, 4) is 0 Å². The molecule has 1 N–H and O–H groups in total. The molecule has 0 amide bonds. The minimum absolute atomic E-state index is 0.0805. The van der Waals surface area contributed by atoms with Crippen molar-refractivity contribution in [3.05, 3.63) is 0 Å². The zero-order chi connectivity index (χ0) is 13.3. The average Bonchev–Trinajstić information content (AvgIpc) is 2.19.